The summed E-state index contributed by atoms with van der Waals surface area (Å²) in [5.74, 6) is 0.485. The first kappa shape index (κ1) is 19.4. The SMILES string of the molecule is COc1ccccc1-c1nc(C(=O)Nc2ccccc2N2CCC(O)CC2)cs1. The molecule has 0 saturated carbocycles. The van der Waals surface area contributed by atoms with Crippen LogP contribution >= 0.6 is 11.3 Å². The first-order chi connectivity index (χ1) is 14.2. The minimum atomic E-state index is -0.244. The van der Waals surface area contributed by atoms with Crippen LogP contribution in [0.2, 0.25) is 0 Å². The summed E-state index contributed by atoms with van der Waals surface area (Å²) in [5.41, 5.74) is 2.96. The third-order valence-corrected chi connectivity index (χ3v) is 5.91. The lowest BCUT2D eigenvalue weighted by molar-refractivity contribution is 0.102. The minimum absolute atomic E-state index is 0.239. The smallest absolute Gasteiger partial charge is 0.275 e. The number of para-hydroxylation sites is 3. The number of thiazole rings is 1. The van der Waals surface area contributed by atoms with Crippen LogP contribution in [-0.4, -0.2) is 42.3 Å². The molecule has 2 aromatic carbocycles. The van der Waals surface area contributed by atoms with Crippen LogP contribution in [0.3, 0.4) is 0 Å². The Bertz CT molecular complexity index is 996. The fourth-order valence-electron chi connectivity index (χ4n) is 3.47. The molecule has 0 bridgehead atoms. The van der Waals surface area contributed by atoms with Crippen molar-refractivity contribution in [3.8, 4) is 16.3 Å². The summed E-state index contributed by atoms with van der Waals surface area (Å²) in [5, 5.41) is 15.3. The molecule has 1 aliphatic heterocycles. The average molecular weight is 410 g/mol. The predicted octanol–water partition coefficient (Wildman–Crippen LogP) is 4.03. The van der Waals surface area contributed by atoms with Crippen LogP contribution in [0.15, 0.2) is 53.9 Å². The number of piperidine rings is 1. The quantitative estimate of drug-likeness (QED) is 0.665. The van der Waals surface area contributed by atoms with Gasteiger partial charge in [-0.1, -0.05) is 24.3 Å². The molecule has 0 spiro atoms. The van der Waals surface area contributed by atoms with Crippen LogP contribution in [0.4, 0.5) is 11.4 Å². The van der Waals surface area contributed by atoms with Gasteiger partial charge in [0.25, 0.3) is 5.91 Å². The molecule has 150 valence electrons. The van der Waals surface area contributed by atoms with Crippen molar-refractivity contribution in [2.75, 3.05) is 30.4 Å². The maximum atomic E-state index is 12.8. The molecule has 1 amide bonds. The van der Waals surface area contributed by atoms with Crippen LogP contribution in [-0.2, 0) is 0 Å². The zero-order valence-corrected chi connectivity index (χ0v) is 17.0. The zero-order chi connectivity index (χ0) is 20.2. The third kappa shape index (κ3) is 4.26. The predicted molar refractivity (Wildman–Crippen MR) is 116 cm³/mol. The molecule has 0 radical (unpaired) electrons. The van der Waals surface area contributed by atoms with Crippen molar-refractivity contribution >= 4 is 28.6 Å². The Morgan fingerprint density at radius 3 is 2.69 bits per heavy atom. The zero-order valence-electron chi connectivity index (χ0n) is 16.2. The fraction of sp³-hybridized carbons (Fsp3) is 0.273. The van der Waals surface area contributed by atoms with Gasteiger partial charge in [0.15, 0.2) is 0 Å². The monoisotopic (exact) mass is 409 g/mol. The number of anilines is 2. The Morgan fingerprint density at radius 1 is 1.17 bits per heavy atom. The number of methoxy groups -OCH3 is 1. The van der Waals surface area contributed by atoms with E-state index in [1.165, 1.54) is 11.3 Å². The highest BCUT2D eigenvalue weighted by atomic mass is 32.1. The summed E-state index contributed by atoms with van der Waals surface area (Å²) >= 11 is 1.41. The summed E-state index contributed by atoms with van der Waals surface area (Å²) in [6, 6.07) is 15.4. The van der Waals surface area contributed by atoms with E-state index in [1.807, 2.05) is 48.5 Å². The van der Waals surface area contributed by atoms with E-state index in [1.54, 1.807) is 12.5 Å². The van der Waals surface area contributed by atoms with Crippen molar-refractivity contribution in [1.82, 2.24) is 4.98 Å². The van der Waals surface area contributed by atoms with Gasteiger partial charge in [0, 0.05) is 18.5 Å². The average Bonchev–Trinajstić information content (AvgIpc) is 3.25. The number of aromatic nitrogens is 1. The highest BCUT2D eigenvalue weighted by Gasteiger charge is 2.21. The molecule has 29 heavy (non-hydrogen) atoms. The molecule has 4 rings (SSSR count). The molecule has 6 nitrogen and oxygen atoms in total. The van der Waals surface area contributed by atoms with Crippen molar-refractivity contribution in [1.29, 1.82) is 0 Å². The number of rotatable bonds is 5. The molecule has 2 heterocycles. The van der Waals surface area contributed by atoms with Crippen LogP contribution in [0.5, 0.6) is 5.75 Å². The van der Waals surface area contributed by atoms with Gasteiger partial charge in [-0.15, -0.1) is 11.3 Å². The maximum absolute atomic E-state index is 12.8. The summed E-state index contributed by atoms with van der Waals surface area (Å²) < 4.78 is 5.40. The lowest BCUT2D eigenvalue weighted by Gasteiger charge is -2.32. The van der Waals surface area contributed by atoms with Crippen molar-refractivity contribution in [3.05, 3.63) is 59.6 Å². The van der Waals surface area contributed by atoms with Crippen LogP contribution in [0.25, 0.3) is 10.6 Å². The van der Waals surface area contributed by atoms with Gasteiger partial charge in [0.2, 0.25) is 0 Å². The largest absolute Gasteiger partial charge is 0.496 e. The molecular formula is C22H23N3O3S. The number of ether oxygens (including phenoxy) is 1. The van der Waals surface area contributed by atoms with E-state index in [9.17, 15) is 9.90 Å². The first-order valence-electron chi connectivity index (χ1n) is 9.58. The molecule has 0 aliphatic carbocycles. The molecule has 1 saturated heterocycles. The van der Waals surface area contributed by atoms with E-state index in [-0.39, 0.29) is 12.0 Å². The van der Waals surface area contributed by atoms with Gasteiger partial charge >= 0.3 is 0 Å². The lowest BCUT2D eigenvalue weighted by Crippen LogP contribution is -2.36. The number of benzene rings is 2. The van der Waals surface area contributed by atoms with Gasteiger partial charge in [-0.2, -0.15) is 0 Å². The first-order valence-corrected chi connectivity index (χ1v) is 10.5. The van der Waals surface area contributed by atoms with E-state index < -0.39 is 0 Å². The number of nitrogens with zero attached hydrogens (tertiary/aromatic N) is 2. The summed E-state index contributed by atoms with van der Waals surface area (Å²) in [4.78, 5) is 19.6. The Hall–Kier alpha value is -2.90. The number of hydrogen-bond acceptors (Lipinski definition) is 6. The van der Waals surface area contributed by atoms with Crippen LogP contribution < -0.4 is 15.0 Å². The molecular weight excluding hydrogens is 386 g/mol. The summed E-state index contributed by atoms with van der Waals surface area (Å²) in [6.07, 6.45) is 1.23. The van der Waals surface area contributed by atoms with Crippen molar-refractivity contribution in [2.24, 2.45) is 0 Å². The number of amides is 1. The number of aliphatic hydroxyl groups excluding tert-OH is 1. The standard InChI is InChI=1S/C22H23N3O3S/c1-28-20-9-5-2-6-16(20)22-24-18(14-29-22)21(27)23-17-7-3-4-8-19(17)25-12-10-15(26)11-13-25/h2-9,14-15,26H,10-13H2,1H3,(H,23,27). The molecule has 1 fully saturated rings. The van der Waals surface area contributed by atoms with Gasteiger partial charge in [0.1, 0.15) is 16.5 Å². The summed E-state index contributed by atoms with van der Waals surface area (Å²) in [7, 11) is 1.62. The summed E-state index contributed by atoms with van der Waals surface area (Å²) in [6.45, 7) is 1.53. The molecule has 2 N–H and O–H groups in total. The number of nitrogens with one attached hydrogen (secondary N) is 1. The molecule has 7 heteroatoms. The minimum Gasteiger partial charge on any atom is -0.496 e. The molecule has 0 unspecified atom stereocenters. The number of hydrogen-bond donors (Lipinski definition) is 2. The lowest BCUT2D eigenvalue weighted by atomic mass is 10.1. The number of carbonyl (C=O) groups excluding carboxylic acids is 1. The Kier molecular flexibility index (Phi) is 5.78. The molecule has 1 aromatic heterocycles. The molecule has 0 atom stereocenters. The van der Waals surface area contributed by atoms with Gasteiger partial charge in [-0.05, 0) is 37.1 Å². The van der Waals surface area contributed by atoms with Crippen LogP contribution in [0, 0.1) is 0 Å². The van der Waals surface area contributed by atoms with Crippen molar-refractivity contribution in [2.45, 2.75) is 18.9 Å². The van der Waals surface area contributed by atoms with Gasteiger partial charge in [-0.3, -0.25) is 4.79 Å². The van der Waals surface area contributed by atoms with E-state index in [0.29, 0.717) is 5.69 Å². The second-order valence-electron chi connectivity index (χ2n) is 6.93. The van der Waals surface area contributed by atoms with E-state index in [2.05, 4.69) is 15.2 Å². The Labute approximate surface area is 173 Å². The number of aliphatic hydroxyl groups is 1. The second-order valence-corrected chi connectivity index (χ2v) is 7.79. The topological polar surface area (TPSA) is 74.7 Å². The highest BCUT2D eigenvalue weighted by molar-refractivity contribution is 7.13. The third-order valence-electron chi connectivity index (χ3n) is 5.03. The Morgan fingerprint density at radius 2 is 1.90 bits per heavy atom. The maximum Gasteiger partial charge on any atom is 0.275 e. The van der Waals surface area contributed by atoms with E-state index in [4.69, 9.17) is 4.74 Å². The normalized spacial score (nSPS) is 14.6. The van der Waals surface area contributed by atoms with Crippen molar-refractivity contribution in [3.63, 3.8) is 0 Å². The second kappa shape index (κ2) is 8.63. The number of carbonyl (C=O) groups is 1. The van der Waals surface area contributed by atoms with Crippen molar-refractivity contribution < 1.29 is 14.6 Å². The van der Waals surface area contributed by atoms with Gasteiger partial charge in [0.05, 0.1) is 30.2 Å². The highest BCUT2D eigenvalue weighted by Crippen LogP contribution is 2.33. The van der Waals surface area contributed by atoms with Crippen LogP contribution in [0.1, 0.15) is 23.3 Å². The molecule has 1 aliphatic rings. The van der Waals surface area contributed by atoms with Gasteiger partial charge < -0.3 is 20.1 Å². The van der Waals surface area contributed by atoms with E-state index >= 15 is 0 Å². The Balaban J connectivity index is 1.53. The molecule has 3 aromatic rings. The van der Waals surface area contributed by atoms with Gasteiger partial charge in [-0.25, -0.2) is 4.98 Å². The van der Waals surface area contributed by atoms with E-state index in [0.717, 1.165) is 53.6 Å². The fourth-order valence-corrected chi connectivity index (χ4v) is 4.30.